The van der Waals surface area contributed by atoms with Crippen LogP contribution in [0.15, 0.2) is 29.2 Å². The summed E-state index contributed by atoms with van der Waals surface area (Å²) in [7, 11) is 0. The van der Waals surface area contributed by atoms with Gasteiger partial charge in [0.05, 0.1) is 4.91 Å². The summed E-state index contributed by atoms with van der Waals surface area (Å²) in [5, 5.41) is 2.56. The standard InChI is InChI=1S/C20H24N2O3S/c1-14-6-8-16(9-7-14)12-17-19(24)22(20(25)26-17)11-10-21-18(23)13-15-4-2-3-5-15/h6-9,12,15H,2-5,10-11,13H2,1H3,(H,21,23)/b17-12-. The zero-order chi connectivity index (χ0) is 18.5. The van der Waals surface area contributed by atoms with Crippen molar-refractivity contribution in [2.24, 2.45) is 5.92 Å². The molecule has 6 heteroatoms. The molecule has 2 aliphatic rings. The first-order chi connectivity index (χ1) is 12.5. The van der Waals surface area contributed by atoms with Gasteiger partial charge in [0.15, 0.2) is 0 Å². The number of amides is 3. The Morgan fingerprint density at radius 1 is 1.23 bits per heavy atom. The fourth-order valence-electron chi connectivity index (χ4n) is 3.36. The molecule has 3 amide bonds. The Hall–Kier alpha value is -2.08. The van der Waals surface area contributed by atoms with Crippen LogP contribution in [0.2, 0.25) is 0 Å². The minimum atomic E-state index is -0.286. The van der Waals surface area contributed by atoms with Gasteiger partial charge in [-0.05, 0) is 49.1 Å². The van der Waals surface area contributed by atoms with Gasteiger partial charge in [0.25, 0.3) is 11.1 Å². The van der Waals surface area contributed by atoms with Crippen LogP contribution in [0.1, 0.15) is 43.2 Å². The topological polar surface area (TPSA) is 66.5 Å². The van der Waals surface area contributed by atoms with E-state index in [0.29, 0.717) is 23.8 Å². The number of carbonyl (C=O) groups excluding carboxylic acids is 3. The van der Waals surface area contributed by atoms with Crippen molar-refractivity contribution in [2.45, 2.75) is 39.0 Å². The summed E-state index contributed by atoms with van der Waals surface area (Å²) in [5.41, 5.74) is 2.04. The second-order valence-corrected chi connectivity index (χ2v) is 7.94. The second-order valence-electron chi connectivity index (χ2n) is 6.95. The van der Waals surface area contributed by atoms with Gasteiger partial charge in [0.1, 0.15) is 0 Å². The second kappa shape index (κ2) is 8.54. The molecule has 1 heterocycles. The van der Waals surface area contributed by atoms with Gasteiger partial charge >= 0.3 is 0 Å². The Balaban J connectivity index is 1.50. The first kappa shape index (κ1) is 18.7. The number of nitrogens with zero attached hydrogens (tertiary/aromatic N) is 1. The number of hydrogen-bond donors (Lipinski definition) is 1. The third-order valence-electron chi connectivity index (χ3n) is 4.86. The zero-order valence-electron chi connectivity index (χ0n) is 15.0. The van der Waals surface area contributed by atoms with Gasteiger partial charge in [-0.1, -0.05) is 42.7 Å². The molecule has 1 N–H and O–H groups in total. The molecule has 0 unspecified atom stereocenters. The third kappa shape index (κ3) is 4.75. The summed E-state index contributed by atoms with van der Waals surface area (Å²) in [5.74, 6) is 0.217. The van der Waals surface area contributed by atoms with Crippen LogP contribution in [-0.4, -0.2) is 35.0 Å². The molecule has 2 fully saturated rings. The molecule has 1 saturated heterocycles. The fourth-order valence-corrected chi connectivity index (χ4v) is 4.23. The monoisotopic (exact) mass is 372 g/mol. The summed E-state index contributed by atoms with van der Waals surface area (Å²) in [4.78, 5) is 38.1. The smallest absolute Gasteiger partial charge is 0.293 e. The lowest BCUT2D eigenvalue weighted by Gasteiger charge is -2.14. The molecule has 5 nitrogen and oxygen atoms in total. The van der Waals surface area contributed by atoms with Gasteiger partial charge < -0.3 is 5.32 Å². The van der Waals surface area contributed by atoms with Crippen LogP contribution >= 0.6 is 11.8 Å². The van der Waals surface area contributed by atoms with E-state index in [2.05, 4.69) is 5.32 Å². The molecule has 1 aromatic rings. The van der Waals surface area contributed by atoms with Crippen molar-refractivity contribution in [2.75, 3.05) is 13.1 Å². The number of aryl methyl sites for hydroxylation is 1. The molecule has 1 aromatic carbocycles. The molecular formula is C20H24N2O3S. The predicted octanol–water partition coefficient (Wildman–Crippen LogP) is 3.73. The van der Waals surface area contributed by atoms with E-state index < -0.39 is 0 Å². The van der Waals surface area contributed by atoms with Gasteiger partial charge in [0, 0.05) is 19.5 Å². The highest BCUT2D eigenvalue weighted by atomic mass is 32.2. The summed E-state index contributed by atoms with van der Waals surface area (Å²) in [6.07, 6.45) is 6.96. The van der Waals surface area contributed by atoms with E-state index in [1.54, 1.807) is 6.08 Å². The van der Waals surface area contributed by atoms with Gasteiger partial charge in [-0.2, -0.15) is 0 Å². The van der Waals surface area contributed by atoms with Crippen LogP contribution < -0.4 is 5.32 Å². The molecule has 0 atom stereocenters. The number of carbonyl (C=O) groups is 3. The summed E-state index contributed by atoms with van der Waals surface area (Å²) < 4.78 is 0. The van der Waals surface area contributed by atoms with E-state index in [0.717, 1.165) is 35.7 Å². The molecule has 138 valence electrons. The molecule has 0 aromatic heterocycles. The van der Waals surface area contributed by atoms with Crippen molar-refractivity contribution in [3.05, 3.63) is 40.3 Å². The van der Waals surface area contributed by atoms with Crippen LogP contribution in [0.4, 0.5) is 4.79 Å². The zero-order valence-corrected chi connectivity index (χ0v) is 15.8. The highest BCUT2D eigenvalue weighted by Crippen LogP contribution is 2.32. The van der Waals surface area contributed by atoms with Gasteiger partial charge in [0.2, 0.25) is 5.91 Å². The van der Waals surface area contributed by atoms with E-state index in [4.69, 9.17) is 0 Å². The van der Waals surface area contributed by atoms with Crippen molar-refractivity contribution in [1.82, 2.24) is 10.2 Å². The van der Waals surface area contributed by atoms with Crippen LogP contribution in [0.3, 0.4) is 0 Å². The molecule has 0 bridgehead atoms. The fraction of sp³-hybridized carbons (Fsp3) is 0.450. The number of thioether (sulfide) groups is 1. The van der Waals surface area contributed by atoms with E-state index in [-0.39, 0.29) is 23.6 Å². The lowest BCUT2D eigenvalue weighted by Crippen LogP contribution is -2.37. The van der Waals surface area contributed by atoms with Crippen molar-refractivity contribution in [1.29, 1.82) is 0 Å². The average Bonchev–Trinajstić information content (AvgIpc) is 3.20. The van der Waals surface area contributed by atoms with E-state index >= 15 is 0 Å². The normalized spacial score (nSPS) is 19.6. The molecule has 0 radical (unpaired) electrons. The summed E-state index contributed by atoms with van der Waals surface area (Å²) in [6, 6.07) is 7.78. The first-order valence-electron chi connectivity index (χ1n) is 9.11. The number of rotatable bonds is 6. The maximum absolute atomic E-state index is 12.4. The Kier molecular flexibility index (Phi) is 6.14. The maximum atomic E-state index is 12.4. The van der Waals surface area contributed by atoms with Crippen LogP contribution in [0.25, 0.3) is 6.08 Å². The lowest BCUT2D eigenvalue weighted by molar-refractivity contribution is -0.124. The Labute approximate surface area is 158 Å². The highest BCUT2D eigenvalue weighted by Gasteiger charge is 2.34. The summed E-state index contributed by atoms with van der Waals surface area (Å²) in [6.45, 7) is 2.52. The third-order valence-corrected chi connectivity index (χ3v) is 5.76. The Morgan fingerprint density at radius 3 is 2.62 bits per heavy atom. The Bertz CT molecular complexity index is 721. The van der Waals surface area contributed by atoms with Crippen molar-refractivity contribution >= 4 is 34.9 Å². The van der Waals surface area contributed by atoms with Crippen LogP contribution in [0, 0.1) is 12.8 Å². The lowest BCUT2D eigenvalue weighted by atomic mass is 10.0. The van der Waals surface area contributed by atoms with E-state index in [1.165, 1.54) is 17.7 Å². The molecule has 3 rings (SSSR count). The van der Waals surface area contributed by atoms with Crippen molar-refractivity contribution in [3.63, 3.8) is 0 Å². The average molecular weight is 372 g/mol. The van der Waals surface area contributed by atoms with Crippen LogP contribution in [-0.2, 0) is 9.59 Å². The minimum absolute atomic E-state index is 0.0130. The van der Waals surface area contributed by atoms with Gasteiger partial charge in [-0.15, -0.1) is 0 Å². The predicted molar refractivity (Wildman–Crippen MR) is 103 cm³/mol. The van der Waals surface area contributed by atoms with Crippen molar-refractivity contribution < 1.29 is 14.4 Å². The number of hydrogen-bond acceptors (Lipinski definition) is 4. The largest absolute Gasteiger partial charge is 0.354 e. The Morgan fingerprint density at radius 2 is 1.92 bits per heavy atom. The molecular weight excluding hydrogens is 348 g/mol. The molecule has 1 aliphatic heterocycles. The quantitative estimate of drug-likeness (QED) is 0.773. The van der Waals surface area contributed by atoms with Gasteiger partial charge in [-0.25, -0.2) is 0 Å². The van der Waals surface area contributed by atoms with Crippen molar-refractivity contribution in [3.8, 4) is 0 Å². The van der Waals surface area contributed by atoms with Crippen LogP contribution in [0.5, 0.6) is 0 Å². The first-order valence-corrected chi connectivity index (χ1v) is 9.93. The summed E-state index contributed by atoms with van der Waals surface area (Å²) >= 11 is 0.952. The number of benzene rings is 1. The van der Waals surface area contributed by atoms with Gasteiger partial charge in [-0.3, -0.25) is 19.3 Å². The highest BCUT2D eigenvalue weighted by molar-refractivity contribution is 8.18. The molecule has 1 saturated carbocycles. The van der Waals surface area contributed by atoms with E-state index in [1.807, 2.05) is 31.2 Å². The number of imide groups is 1. The molecule has 1 aliphatic carbocycles. The minimum Gasteiger partial charge on any atom is -0.354 e. The maximum Gasteiger partial charge on any atom is 0.293 e. The number of nitrogens with one attached hydrogen (secondary N) is 1. The van der Waals surface area contributed by atoms with E-state index in [9.17, 15) is 14.4 Å². The molecule has 0 spiro atoms. The SMILES string of the molecule is Cc1ccc(/C=C2\SC(=O)N(CCNC(=O)CC3CCCC3)C2=O)cc1. The molecule has 26 heavy (non-hydrogen) atoms.